The van der Waals surface area contributed by atoms with Crippen LogP contribution < -0.4 is 11.1 Å². The minimum Gasteiger partial charge on any atom is -0.323 e. The van der Waals surface area contributed by atoms with Gasteiger partial charge in [0.1, 0.15) is 6.29 Å². The normalized spacial score (nSPS) is 15.0. The van der Waals surface area contributed by atoms with Crippen LogP contribution in [-0.2, 0) is 15.4 Å². The fourth-order valence-electron chi connectivity index (χ4n) is 2.13. The number of hydrogen-bond acceptors (Lipinski definition) is 6. The van der Waals surface area contributed by atoms with Crippen molar-refractivity contribution < 1.29 is 23.3 Å². The molecule has 136 valence electrons. The predicted octanol–water partition coefficient (Wildman–Crippen LogP) is 1.70. The molecular formula is C13H15FN3O7P. The number of halogens is 1. The number of aromatic amines is 1. The Bertz CT molecular complexity index is 1000. The topological polar surface area (TPSA) is 145 Å². The molecule has 0 radical (unpaired) electrons. The molecule has 1 aromatic heterocycles. The number of nitro benzene ring substituents is 1. The number of rotatable bonds is 6. The third-order valence-corrected chi connectivity index (χ3v) is 4.81. The average molecular weight is 375 g/mol. The van der Waals surface area contributed by atoms with Gasteiger partial charge in [-0.25, -0.2) is 0 Å². The molecule has 2 atom stereocenters. The first-order valence-electron chi connectivity index (χ1n) is 7.16. The Labute approximate surface area is 139 Å². The highest BCUT2D eigenvalue weighted by Crippen LogP contribution is 2.45. The zero-order chi connectivity index (χ0) is 18.9. The second-order valence-electron chi connectivity index (χ2n) is 5.37. The van der Waals surface area contributed by atoms with Gasteiger partial charge in [-0.1, -0.05) is 6.92 Å². The van der Waals surface area contributed by atoms with E-state index in [9.17, 15) is 33.6 Å². The molecule has 0 amide bonds. The Morgan fingerprint density at radius 2 is 2.12 bits per heavy atom. The second-order valence-corrected chi connectivity index (χ2v) is 7.14. The van der Waals surface area contributed by atoms with Crippen LogP contribution in [0, 0.1) is 15.9 Å². The molecule has 0 spiro atoms. The van der Waals surface area contributed by atoms with Gasteiger partial charge in [0, 0.05) is 12.1 Å². The third-order valence-electron chi connectivity index (χ3n) is 3.48. The number of nitro groups is 1. The van der Waals surface area contributed by atoms with E-state index in [0.29, 0.717) is 23.1 Å². The van der Waals surface area contributed by atoms with E-state index in [1.807, 2.05) is 0 Å². The summed E-state index contributed by atoms with van der Waals surface area (Å²) in [4.78, 5) is 45.6. The minimum atomic E-state index is -4.34. The van der Waals surface area contributed by atoms with Crippen molar-refractivity contribution in [1.82, 2.24) is 9.55 Å². The number of benzene rings is 1. The van der Waals surface area contributed by atoms with Gasteiger partial charge in [0.2, 0.25) is 5.82 Å². The molecule has 25 heavy (non-hydrogen) atoms. The lowest BCUT2D eigenvalue weighted by molar-refractivity contribution is -0.387. The SMILES string of the molecule is CCC(C)OP(=O)(O)Cn1c(=O)c(=O)[nH]c2cc(F)c([N+](=O)[O-])cc21. The van der Waals surface area contributed by atoms with Crippen molar-refractivity contribution in [3.05, 3.63) is 48.8 Å². The molecule has 2 unspecified atom stereocenters. The van der Waals surface area contributed by atoms with Crippen molar-refractivity contribution in [1.29, 1.82) is 0 Å². The number of fused-ring (bicyclic) bond motifs is 1. The summed E-state index contributed by atoms with van der Waals surface area (Å²) < 4.78 is 31.4. The van der Waals surface area contributed by atoms with Crippen molar-refractivity contribution in [2.45, 2.75) is 32.7 Å². The molecule has 0 saturated heterocycles. The maximum absolute atomic E-state index is 13.7. The molecular weight excluding hydrogens is 360 g/mol. The molecule has 0 saturated carbocycles. The van der Waals surface area contributed by atoms with E-state index in [4.69, 9.17) is 4.52 Å². The molecule has 1 heterocycles. The standard InChI is InChI=1S/C13H15FN3O7P/c1-3-7(2)24-25(22,23)6-16-11-5-10(17(20)21)8(14)4-9(11)15-12(18)13(16)19/h4-5,7H,3,6H2,1-2H3,(H,15,18)(H,22,23). The fraction of sp³-hybridized carbons (Fsp3) is 0.385. The largest absolute Gasteiger partial charge is 0.348 e. The highest BCUT2D eigenvalue weighted by molar-refractivity contribution is 7.51. The molecule has 12 heteroatoms. The summed E-state index contributed by atoms with van der Waals surface area (Å²) in [5.41, 5.74) is -3.81. The van der Waals surface area contributed by atoms with Gasteiger partial charge in [0.05, 0.1) is 22.1 Å². The summed E-state index contributed by atoms with van der Waals surface area (Å²) in [6, 6.07) is 1.38. The van der Waals surface area contributed by atoms with Crippen molar-refractivity contribution in [2.75, 3.05) is 0 Å². The summed E-state index contributed by atoms with van der Waals surface area (Å²) in [6.45, 7) is 3.26. The Morgan fingerprint density at radius 1 is 1.48 bits per heavy atom. The van der Waals surface area contributed by atoms with Crippen LogP contribution in [0.3, 0.4) is 0 Å². The van der Waals surface area contributed by atoms with E-state index in [0.717, 1.165) is 0 Å². The van der Waals surface area contributed by atoms with E-state index < -0.39 is 47.5 Å². The van der Waals surface area contributed by atoms with Crippen LogP contribution in [0.2, 0.25) is 0 Å². The predicted molar refractivity (Wildman–Crippen MR) is 86.1 cm³/mol. The fourth-order valence-corrected chi connectivity index (χ4v) is 3.55. The van der Waals surface area contributed by atoms with E-state index in [1.54, 1.807) is 13.8 Å². The van der Waals surface area contributed by atoms with E-state index in [-0.39, 0.29) is 11.0 Å². The van der Waals surface area contributed by atoms with Gasteiger partial charge in [-0.2, -0.15) is 4.39 Å². The van der Waals surface area contributed by atoms with Gasteiger partial charge in [-0.3, -0.25) is 28.8 Å². The van der Waals surface area contributed by atoms with E-state index >= 15 is 0 Å². The minimum absolute atomic E-state index is 0.226. The van der Waals surface area contributed by atoms with Gasteiger partial charge in [0.15, 0.2) is 0 Å². The van der Waals surface area contributed by atoms with Gasteiger partial charge in [0.25, 0.3) is 0 Å². The van der Waals surface area contributed by atoms with Gasteiger partial charge < -0.3 is 14.4 Å². The molecule has 0 fully saturated rings. The van der Waals surface area contributed by atoms with Gasteiger partial charge in [-0.15, -0.1) is 0 Å². The van der Waals surface area contributed by atoms with Crippen LogP contribution in [0.5, 0.6) is 0 Å². The monoisotopic (exact) mass is 375 g/mol. The second kappa shape index (κ2) is 6.87. The Balaban J connectivity index is 2.69. The molecule has 10 nitrogen and oxygen atoms in total. The summed E-state index contributed by atoms with van der Waals surface area (Å²) in [5, 5.41) is 10.9. The van der Waals surface area contributed by atoms with Crippen LogP contribution in [0.4, 0.5) is 10.1 Å². The van der Waals surface area contributed by atoms with Crippen LogP contribution >= 0.6 is 7.60 Å². The number of H-pyrrole nitrogens is 1. The maximum atomic E-state index is 13.7. The van der Waals surface area contributed by atoms with Crippen LogP contribution in [0.15, 0.2) is 21.7 Å². The molecule has 0 aliphatic heterocycles. The first-order chi connectivity index (χ1) is 11.6. The van der Waals surface area contributed by atoms with Crippen LogP contribution in [-0.4, -0.2) is 25.5 Å². The highest BCUT2D eigenvalue weighted by atomic mass is 31.2. The average Bonchev–Trinajstić information content (AvgIpc) is 2.50. The van der Waals surface area contributed by atoms with Crippen molar-refractivity contribution in [3.63, 3.8) is 0 Å². The molecule has 2 N–H and O–H groups in total. The molecule has 0 bridgehead atoms. The van der Waals surface area contributed by atoms with Gasteiger partial charge in [-0.05, 0) is 13.3 Å². The first-order valence-corrected chi connectivity index (χ1v) is 8.93. The van der Waals surface area contributed by atoms with Crippen LogP contribution in [0.1, 0.15) is 20.3 Å². The first kappa shape index (κ1) is 19.0. The lowest BCUT2D eigenvalue weighted by atomic mass is 10.2. The smallest absolute Gasteiger partial charge is 0.323 e. The summed E-state index contributed by atoms with van der Waals surface area (Å²) in [7, 11) is -4.34. The highest BCUT2D eigenvalue weighted by Gasteiger charge is 2.26. The van der Waals surface area contributed by atoms with Crippen molar-refractivity contribution in [3.8, 4) is 0 Å². The Hall–Kier alpha value is -2.36. The number of nitrogens with one attached hydrogen (secondary N) is 1. The molecule has 1 aromatic carbocycles. The lowest BCUT2D eigenvalue weighted by Gasteiger charge is -2.18. The molecule has 2 aromatic rings. The maximum Gasteiger partial charge on any atom is 0.348 e. The van der Waals surface area contributed by atoms with Gasteiger partial charge >= 0.3 is 24.4 Å². The summed E-state index contributed by atoms with van der Waals surface area (Å²) in [5.74, 6) is -1.22. The zero-order valence-corrected chi connectivity index (χ0v) is 14.2. The lowest BCUT2D eigenvalue weighted by Crippen LogP contribution is -2.36. The van der Waals surface area contributed by atoms with Crippen LogP contribution in [0.25, 0.3) is 11.0 Å². The number of aromatic nitrogens is 2. The molecule has 2 rings (SSSR count). The number of hydrogen-bond donors (Lipinski definition) is 2. The molecule has 0 aliphatic carbocycles. The van der Waals surface area contributed by atoms with Crippen molar-refractivity contribution in [2.24, 2.45) is 0 Å². The number of nitrogens with zero attached hydrogens (tertiary/aromatic N) is 2. The Kier molecular flexibility index (Phi) is 5.21. The Morgan fingerprint density at radius 3 is 2.68 bits per heavy atom. The van der Waals surface area contributed by atoms with Crippen molar-refractivity contribution >= 4 is 24.3 Å². The third kappa shape index (κ3) is 4.01. The van der Waals surface area contributed by atoms with E-state index in [1.165, 1.54) is 0 Å². The zero-order valence-electron chi connectivity index (χ0n) is 13.3. The van der Waals surface area contributed by atoms with E-state index in [2.05, 4.69) is 4.98 Å². The summed E-state index contributed by atoms with van der Waals surface area (Å²) in [6.07, 6.45) is -1.07. The summed E-state index contributed by atoms with van der Waals surface area (Å²) >= 11 is 0. The quantitative estimate of drug-likeness (QED) is 0.338. The molecule has 0 aliphatic rings.